The van der Waals surface area contributed by atoms with E-state index in [1.807, 2.05) is 0 Å². The Morgan fingerprint density at radius 1 is 1.41 bits per heavy atom. The Morgan fingerprint density at radius 2 is 2.00 bits per heavy atom. The van der Waals surface area contributed by atoms with Crippen molar-refractivity contribution in [1.29, 1.82) is 0 Å². The Kier molecular flexibility index (Phi) is 3.30. The molecule has 94 valence electrons. The molecule has 0 bridgehead atoms. The molecule has 0 unspecified atom stereocenters. The maximum absolute atomic E-state index is 12.1. The Bertz CT molecular complexity index is 446. The SMILES string of the molecule is COc1c(O)cnc(C(=O)O)c1OC(F)(F)F. The van der Waals surface area contributed by atoms with Crippen molar-refractivity contribution in [1.82, 2.24) is 4.98 Å². The van der Waals surface area contributed by atoms with Crippen molar-refractivity contribution < 1.29 is 37.7 Å². The van der Waals surface area contributed by atoms with Crippen LogP contribution in [0.25, 0.3) is 0 Å². The molecule has 1 rings (SSSR count). The first-order valence-corrected chi connectivity index (χ1v) is 4.01. The largest absolute Gasteiger partial charge is 0.573 e. The second kappa shape index (κ2) is 4.36. The molecule has 0 aliphatic carbocycles. The smallest absolute Gasteiger partial charge is 0.503 e. The number of aromatic carboxylic acids is 1. The summed E-state index contributed by atoms with van der Waals surface area (Å²) in [6.07, 6.45) is -4.49. The fourth-order valence-electron chi connectivity index (χ4n) is 1.03. The first-order valence-electron chi connectivity index (χ1n) is 4.01. The van der Waals surface area contributed by atoms with E-state index in [0.29, 0.717) is 6.20 Å². The van der Waals surface area contributed by atoms with Crippen LogP contribution >= 0.6 is 0 Å². The van der Waals surface area contributed by atoms with E-state index in [1.165, 1.54) is 0 Å². The number of pyridine rings is 1. The van der Waals surface area contributed by atoms with Crippen LogP contribution in [-0.4, -0.2) is 34.6 Å². The van der Waals surface area contributed by atoms with Crippen LogP contribution in [0.15, 0.2) is 6.20 Å². The number of ether oxygens (including phenoxy) is 2. The highest BCUT2D eigenvalue weighted by molar-refractivity contribution is 5.90. The Labute approximate surface area is 92.2 Å². The number of halogens is 3. The average Bonchev–Trinajstić information content (AvgIpc) is 2.15. The van der Waals surface area contributed by atoms with E-state index in [1.54, 1.807) is 0 Å². The summed E-state index contributed by atoms with van der Waals surface area (Å²) in [4.78, 5) is 13.8. The van der Waals surface area contributed by atoms with Crippen LogP contribution in [0.1, 0.15) is 10.5 Å². The maximum Gasteiger partial charge on any atom is 0.573 e. The van der Waals surface area contributed by atoms with Crippen molar-refractivity contribution in [3.63, 3.8) is 0 Å². The second-order valence-electron chi connectivity index (χ2n) is 2.71. The van der Waals surface area contributed by atoms with Gasteiger partial charge in [0.2, 0.25) is 11.5 Å². The molecule has 1 aromatic heterocycles. The van der Waals surface area contributed by atoms with Crippen LogP contribution in [-0.2, 0) is 0 Å². The van der Waals surface area contributed by atoms with E-state index >= 15 is 0 Å². The summed E-state index contributed by atoms with van der Waals surface area (Å²) in [6.45, 7) is 0. The number of nitrogens with zero attached hydrogens (tertiary/aromatic N) is 1. The van der Waals surface area contributed by atoms with Crippen LogP contribution < -0.4 is 9.47 Å². The molecule has 0 saturated heterocycles. The average molecular weight is 253 g/mol. The molecule has 9 heteroatoms. The van der Waals surface area contributed by atoms with Gasteiger partial charge in [0.25, 0.3) is 0 Å². The summed E-state index contributed by atoms with van der Waals surface area (Å²) in [5.74, 6) is -4.47. The van der Waals surface area contributed by atoms with Crippen LogP contribution in [0.4, 0.5) is 13.2 Å². The molecule has 1 aromatic rings. The molecule has 1 heterocycles. The van der Waals surface area contributed by atoms with Gasteiger partial charge in [0, 0.05) is 0 Å². The number of rotatable bonds is 3. The van der Waals surface area contributed by atoms with Crippen molar-refractivity contribution in [3.8, 4) is 17.2 Å². The minimum atomic E-state index is -5.13. The molecular formula is C8H6F3NO5. The highest BCUT2D eigenvalue weighted by Gasteiger charge is 2.36. The van der Waals surface area contributed by atoms with Crippen LogP contribution in [0.3, 0.4) is 0 Å². The lowest BCUT2D eigenvalue weighted by molar-refractivity contribution is -0.275. The molecule has 0 amide bonds. The van der Waals surface area contributed by atoms with Crippen LogP contribution in [0.2, 0.25) is 0 Å². The predicted octanol–water partition coefficient (Wildman–Crippen LogP) is 1.39. The molecule has 0 fully saturated rings. The van der Waals surface area contributed by atoms with Gasteiger partial charge in [0.05, 0.1) is 13.3 Å². The molecule has 6 nitrogen and oxygen atoms in total. The number of methoxy groups -OCH3 is 1. The molecule has 0 aliphatic rings. The van der Waals surface area contributed by atoms with Crippen molar-refractivity contribution in [2.24, 2.45) is 0 Å². The predicted molar refractivity (Wildman–Crippen MR) is 46.1 cm³/mol. The molecule has 17 heavy (non-hydrogen) atoms. The van der Waals surface area contributed by atoms with Gasteiger partial charge in [-0.2, -0.15) is 0 Å². The zero-order valence-corrected chi connectivity index (χ0v) is 8.28. The summed E-state index contributed by atoms with van der Waals surface area (Å²) < 4.78 is 44.1. The van der Waals surface area contributed by atoms with Gasteiger partial charge in [0.1, 0.15) is 0 Å². The van der Waals surface area contributed by atoms with Gasteiger partial charge in [0.15, 0.2) is 11.4 Å². The first-order chi connectivity index (χ1) is 7.76. The van der Waals surface area contributed by atoms with Crippen LogP contribution in [0, 0.1) is 0 Å². The van der Waals surface area contributed by atoms with Gasteiger partial charge < -0.3 is 19.7 Å². The monoisotopic (exact) mass is 253 g/mol. The lowest BCUT2D eigenvalue weighted by Gasteiger charge is -2.14. The molecule has 2 N–H and O–H groups in total. The number of alkyl halides is 3. The lowest BCUT2D eigenvalue weighted by atomic mass is 10.3. The normalized spacial score (nSPS) is 11.1. The Balaban J connectivity index is 3.39. The van der Waals surface area contributed by atoms with Gasteiger partial charge in [-0.05, 0) is 0 Å². The number of hydrogen-bond donors (Lipinski definition) is 2. The zero-order chi connectivity index (χ0) is 13.2. The molecule has 0 aromatic carbocycles. The van der Waals surface area contributed by atoms with Gasteiger partial charge in [-0.3, -0.25) is 0 Å². The van der Waals surface area contributed by atoms with Crippen molar-refractivity contribution >= 4 is 5.97 Å². The highest BCUT2D eigenvalue weighted by Crippen LogP contribution is 2.40. The number of hydrogen-bond acceptors (Lipinski definition) is 5. The number of carboxylic acids is 1. The van der Waals surface area contributed by atoms with Gasteiger partial charge in [-0.15, -0.1) is 13.2 Å². The summed E-state index contributed by atoms with van der Waals surface area (Å²) in [5, 5.41) is 17.8. The zero-order valence-electron chi connectivity index (χ0n) is 8.28. The third-order valence-corrected chi connectivity index (χ3v) is 1.59. The molecule has 0 atom stereocenters. The second-order valence-corrected chi connectivity index (χ2v) is 2.71. The van der Waals surface area contributed by atoms with E-state index in [0.717, 1.165) is 7.11 Å². The van der Waals surface area contributed by atoms with E-state index < -0.39 is 35.3 Å². The third-order valence-electron chi connectivity index (χ3n) is 1.59. The molecule has 0 saturated carbocycles. The summed E-state index contributed by atoms with van der Waals surface area (Å²) in [5.41, 5.74) is -1.02. The molecular weight excluding hydrogens is 247 g/mol. The third kappa shape index (κ3) is 2.89. The quantitative estimate of drug-likeness (QED) is 0.846. The topological polar surface area (TPSA) is 88.9 Å². The molecule has 0 spiro atoms. The van der Waals surface area contributed by atoms with E-state index in [-0.39, 0.29) is 0 Å². The summed E-state index contributed by atoms with van der Waals surface area (Å²) >= 11 is 0. The number of aromatic nitrogens is 1. The fourth-order valence-corrected chi connectivity index (χ4v) is 1.03. The summed E-state index contributed by atoms with van der Waals surface area (Å²) in [7, 11) is 0.948. The van der Waals surface area contributed by atoms with Gasteiger partial charge in [-0.1, -0.05) is 0 Å². The minimum absolute atomic E-state index is 0.644. The van der Waals surface area contributed by atoms with Gasteiger partial charge >= 0.3 is 12.3 Å². The van der Waals surface area contributed by atoms with Crippen molar-refractivity contribution in [3.05, 3.63) is 11.9 Å². The molecule has 0 radical (unpaired) electrons. The Morgan fingerprint density at radius 3 is 2.41 bits per heavy atom. The highest BCUT2D eigenvalue weighted by atomic mass is 19.4. The van der Waals surface area contributed by atoms with E-state index in [4.69, 9.17) is 10.2 Å². The first kappa shape index (κ1) is 12.9. The number of carbonyl (C=O) groups is 1. The maximum atomic E-state index is 12.1. The number of aromatic hydroxyl groups is 1. The Hall–Kier alpha value is -2.19. The fraction of sp³-hybridized carbons (Fsp3) is 0.250. The van der Waals surface area contributed by atoms with Crippen LogP contribution in [0.5, 0.6) is 17.2 Å². The lowest BCUT2D eigenvalue weighted by Crippen LogP contribution is -2.20. The molecule has 0 aliphatic heterocycles. The van der Waals surface area contributed by atoms with Gasteiger partial charge in [-0.25, -0.2) is 9.78 Å². The van der Waals surface area contributed by atoms with E-state index in [2.05, 4.69) is 14.5 Å². The minimum Gasteiger partial charge on any atom is -0.503 e. The van der Waals surface area contributed by atoms with E-state index in [9.17, 15) is 18.0 Å². The standard InChI is InChI=1S/C8H6F3NO5/c1-16-5-3(13)2-12-4(7(14)15)6(5)17-8(9,10)11/h2,13H,1H3,(H,14,15). The summed E-state index contributed by atoms with van der Waals surface area (Å²) in [6, 6.07) is 0. The van der Waals surface area contributed by atoms with Crippen molar-refractivity contribution in [2.45, 2.75) is 6.36 Å². The number of carboxylic acid groups (broad SMARTS) is 1. The van der Waals surface area contributed by atoms with Crippen molar-refractivity contribution in [2.75, 3.05) is 7.11 Å².